The van der Waals surface area contributed by atoms with E-state index in [4.69, 9.17) is 15.2 Å². The van der Waals surface area contributed by atoms with Crippen molar-refractivity contribution in [2.24, 2.45) is 5.73 Å². The van der Waals surface area contributed by atoms with Gasteiger partial charge in [-0.05, 0) is 18.7 Å². The third kappa shape index (κ3) is 2.18. The Hall–Kier alpha value is -1.26. The summed E-state index contributed by atoms with van der Waals surface area (Å²) < 4.78 is 11.0. The number of benzene rings is 1. The summed E-state index contributed by atoms with van der Waals surface area (Å²) in [5.74, 6) is 2.18. The van der Waals surface area contributed by atoms with Crippen LogP contribution in [0, 0.1) is 0 Å². The molecule has 0 aliphatic carbocycles. The van der Waals surface area contributed by atoms with Gasteiger partial charge in [0, 0.05) is 36.7 Å². The molecule has 4 nitrogen and oxygen atoms in total. The largest absolute Gasteiger partial charge is 0.496 e. The lowest BCUT2D eigenvalue weighted by molar-refractivity contribution is 0.234. The molecule has 1 aromatic rings. The first kappa shape index (κ1) is 13.2. The predicted molar refractivity (Wildman–Crippen MR) is 72.3 cm³/mol. The predicted octanol–water partition coefficient (Wildman–Crippen LogP) is 1.58. The van der Waals surface area contributed by atoms with Crippen molar-refractivity contribution in [3.63, 3.8) is 0 Å². The van der Waals surface area contributed by atoms with E-state index in [1.807, 2.05) is 12.1 Å². The molecule has 0 saturated carbocycles. The first-order valence-electron chi connectivity index (χ1n) is 6.41. The minimum atomic E-state index is 0.318. The summed E-state index contributed by atoms with van der Waals surface area (Å²) in [5, 5.41) is 0. The van der Waals surface area contributed by atoms with Gasteiger partial charge in [-0.3, -0.25) is 4.90 Å². The van der Waals surface area contributed by atoms with Gasteiger partial charge in [0.2, 0.25) is 0 Å². The van der Waals surface area contributed by atoms with Crippen molar-refractivity contribution in [3.05, 3.63) is 23.3 Å². The van der Waals surface area contributed by atoms with Crippen LogP contribution in [-0.2, 0) is 6.54 Å². The molecule has 0 amide bonds. The highest BCUT2D eigenvalue weighted by Crippen LogP contribution is 2.39. The fourth-order valence-electron chi connectivity index (χ4n) is 2.73. The van der Waals surface area contributed by atoms with E-state index in [9.17, 15) is 0 Å². The van der Waals surface area contributed by atoms with Crippen LogP contribution in [0.1, 0.15) is 24.0 Å². The third-order valence-corrected chi connectivity index (χ3v) is 3.71. The van der Waals surface area contributed by atoms with Crippen molar-refractivity contribution in [2.45, 2.75) is 19.4 Å². The Kier molecular flexibility index (Phi) is 4.09. The second kappa shape index (κ2) is 5.59. The van der Waals surface area contributed by atoms with Gasteiger partial charge in [-0.15, -0.1) is 0 Å². The molecule has 0 radical (unpaired) electrons. The molecule has 1 aliphatic rings. The van der Waals surface area contributed by atoms with Crippen LogP contribution in [0.15, 0.2) is 12.1 Å². The zero-order valence-corrected chi connectivity index (χ0v) is 11.4. The Morgan fingerprint density at radius 1 is 1.28 bits per heavy atom. The second-order valence-electron chi connectivity index (χ2n) is 4.62. The SMILES string of the molecule is CCN1Cc2c(OC)ccc(OC)c2C(CN)C1. The van der Waals surface area contributed by atoms with E-state index in [1.165, 1.54) is 11.1 Å². The van der Waals surface area contributed by atoms with Gasteiger partial charge in [-0.25, -0.2) is 0 Å². The van der Waals surface area contributed by atoms with Gasteiger partial charge in [-0.2, -0.15) is 0 Å². The summed E-state index contributed by atoms with van der Waals surface area (Å²) in [6.45, 7) is 5.72. The minimum Gasteiger partial charge on any atom is -0.496 e. The molecule has 1 aliphatic heterocycles. The Balaban J connectivity index is 2.52. The van der Waals surface area contributed by atoms with Crippen LogP contribution in [0.2, 0.25) is 0 Å². The van der Waals surface area contributed by atoms with E-state index in [0.717, 1.165) is 31.1 Å². The summed E-state index contributed by atoms with van der Waals surface area (Å²) in [5.41, 5.74) is 8.38. The number of likely N-dealkylation sites (N-methyl/N-ethyl adjacent to an activating group) is 1. The summed E-state index contributed by atoms with van der Waals surface area (Å²) in [7, 11) is 3.42. The maximum Gasteiger partial charge on any atom is 0.123 e. The quantitative estimate of drug-likeness (QED) is 0.881. The molecular formula is C14H22N2O2. The molecule has 4 heteroatoms. The summed E-state index contributed by atoms with van der Waals surface area (Å²) >= 11 is 0. The number of methoxy groups -OCH3 is 2. The molecular weight excluding hydrogens is 228 g/mol. The number of fused-ring (bicyclic) bond motifs is 1. The summed E-state index contributed by atoms with van der Waals surface area (Å²) in [6, 6.07) is 3.95. The molecule has 0 fully saturated rings. The maximum absolute atomic E-state index is 5.93. The minimum absolute atomic E-state index is 0.318. The average Bonchev–Trinajstić information content (AvgIpc) is 2.44. The maximum atomic E-state index is 5.93. The van der Waals surface area contributed by atoms with Gasteiger partial charge in [0.1, 0.15) is 11.5 Å². The molecule has 2 rings (SSSR count). The summed E-state index contributed by atoms with van der Waals surface area (Å²) in [4.78, 5) is 2.39. The lowest BCUT2D eigenvalue weighted by Gasteiger charge is -2.35. The fourth-order valence-corrected chi connectivity index (χ4v) is 2.73. The van der Waals surface area contributed by atoms with Gasteiger partial charge >= 0.3 is 0 Å². The number of ether oxygens (including phenoxy) is 2. The van der Waals surface area contributed by atoms with Gasteiger partial charge in [-0.1, -0.05) is 6.92 Å². The first-order chi connectivity index (χ1) is 8.74. The normalized spacial score (nSPS) is 19.4. The van der Waals surface area contributed by atoms with E-state index in [0.29, 0.717) is 12.5 Å². The molecule has 0 bridgehead atoms. The van der Waals surface area contributed by atoms with Crippen LogP contribution in [0.25, 0.3) is 0 Å². The lowest BCUT2D eigenvalue weighted by atomic mass is 9.88. The van der Waals surface area contributed by atoms with Crippen molar-refractivity contribution in [3.8, 4) is 11.5 Å². The molecule has 1 heterocycles. The lowest BCUT2D eigenvalue weighted by Crippen LogP contribution is -2.36. The second-order valence-corrected chi connectivity index (χ2v) is 4.62. The van der Waals surface area contributed by atoms with E-state index < -0.39 is 0 Å². The third-order valence-electron chi connectivity index (χ3n) is 3.71. The Labute approximate surface area is 109 Å². The van der Waals surface area contributed by atoms with Crippen LogP contribution in [0.3, 0.4) is 0 Å². The van der Waals surface area contributed by atoms with Crippen LogP contribution in [-0.4, -0.2) is 38.8 Å². The van der Waals surface area contributed by atoms with Gasteiger partial charge in [0.15, 0.2) is 0 Å². The van der Waals surface area contributed by atoms with E-state index in [1.54, 1.807) is 14.2 Å². The van der Waals surface area contributed by atoms with Gasteiger partial charge < -0.3 is 15.2 Å². The average molecular weight is 250 g/mol. The number of nitrogens with zero attached hydrogens (tertiary/aromatic N) is 1. The van der Waals surface area contributed by atoms with Crippen LogP contribution < -0.4 is 15.2 Å². The van der Waals surface area contributed by atoms with Crippen molar-refractivity contribution in [2.75, 3.05) is 33.9 Å². The Morgan fingerprint density at radius 2 is 1.94 bits per heavy atom. The van der Waals surface area contributed by atoms with Gasteiger partial charge in [0.25, 0.3) is 0 Å². The highest BCUT2D eigenvalue weighted by molar-refractivity contribution is 5.52. The fraction of sp³-hybridized carbons (Fsp3) is 0.571. The van der Waals surface area contributed by atoms with Crippen molar-refractivity contribution >= 4 is 0 Å². The first-order valence-corrected chi connectivity index (χ1v) is 6.41. The number of hydrogen-bond donors (Lipinski definition) is 1. The van der Waals surface area contributed by atoms with Crippen LogP contribution >= 0.6 is 0 Å². The highest BCUT2D eigenvalue weighted by atomic mass is 16.5. The van der Waals surface area contributed by atoms with E-state index in [-0.39, 0.29) is 0 Å². The summed E-state index contributed by atoms with van der Waals surface area (Å²) in [6.07, 6.45) is 0. The Morgan fingerprint density at radius 3 is 2.50 bits per heavy atom. The van der Waals surface area contributed by atoms with Crippen molar-refractivity contribution in [1.82, 2.24) is 4.90 Å². The molecule has 2 N–H and O–H groups in total. The molecule has 0 spiro atoms. The topological polar surface area (TPSA) is 47.7 Å². The van der Waals surface area contributed by atoms with E-state index >= 15 is 0 Å². The standard InChI is InChI=1S/C14H22N2O2/c1-4-16-8-10(7-15)14-11(9-16)12(17-2)5-6-13(14)18-3/h5-6,10H,4,7-9,15H2,1-3H3. The van der Waals surface area contributed by atoms with Gasteiger partial charge in [0.05, 0.1) is 14.2 Å². The van der Waals surface area contributed by atoms with Crippen molar-refractivity contribution in [1.29, 1.82) is 0 Å². The zero-order chi connectivity index (χ0) is 13.1. The molecule has 100 valence electrons. The van der Waals surface area contributed by atoms with E-state index in [2.05, 4.69) is 11.8 Å². The number of nitrogens with two attached hydrogens (primary N) is 1. The zero-order valence-electron chi connectivity index (χ0n) is 11.4. The van der Waals surface area contributed by atoms with Crippen LogP contribution in [0.4, 0.5) is 0 Å². The number of hydrogen-bond acceptors (Lipinski definition) is 4. The molecule has 0 aromatic heterocycles. The molecule has 1 aromatic carbocycles. The van der Waals surface area contributed by atoms with Crippen LogP contribution in [0.5, 0.6) is 11.5 Å². The smallest absolute Gasteiger partial charge is 0.123 e. The highest BCUT2D eigenvalue weighted by Gasteiger charge is 2.29. The molecule has 1 atom stereocenters. The van der Waals surface area contributed by atoms with Crippen molar-refractivity contribution < 1.29 is 9.47 Å². The monoisotopic (exact) mass is 250 g/mol. The molecule has 18 heavy (non-hydrogen) atoms. The molecule has 1 unspecified atom stereocenters. The Bertz CT molecular complexity index is 421. The molecule has 0 saturated heterocycles. The number of rotatable bonds is 4.